The minimum Gasteiger partial charge on any atom is -0.497 e. The quantitative estimate of drug-likeness (QED) is 0.341. The van der Waals surface area contributed by atoms with Crippen molar-refractivity contribution in [3.05, 3.63) is 99.8 Å². The van der Waals surface area contributed by atoms with Gasteiger partial charge in [0, 0.05) is 11.3 Å². The second kappa shape index (κ2) is 8.67. The van der Waals surface area contributed by atoms with Crippen LogP contribution in [0.5, 0.6) is 5.75 Å². The fourth-order valence-electron chi connectivity index (χ4n) is 4.80. The van der Waals surface area contributed by atoms with E-state index in [2.05, 4.69) is 29.4 Å². The van der Waals surface area contributed by atoms with Crippen LogP contribution in [0.4, 0.5) is 0 Å². The number of fused-ring (bicyclic) bond motifs is 2. The van der Waals surface area contributed by atoms with Gasteiger partial charge in [-0.2, -0.15) is 4.68 Å². The summed E-state index contributed by atoms with van der Waals surface area (Å²) >= 11 is 1.48. The van der Waals surface area contributed by atoms with Crippen molar-refractivity contribution in [2.45, 2.75) is 25.8 Å². The number of thiazole rings is 1. The number of hydrogen-bond acceptors (Lipinski definition) is 5. The van der Waals surface area contributed by atoms with E-state index in [-0.39, 0.29) is 11.6 Å². The van der Waals surface area contributed by atoms with Gasteiger partial charge in [0.15, 0.2) is 0 Å². The minimum absolute atomic E-state index is 0.126. The van der Waals surface area contributed by atoms with Gasteiger partial charge < -0.3 is 4.74 Å². The topological polar surface area (TPSA) is 72.3 Å². The van der Waals surface area contributed by atoms with Crippen LogP contribution in [0.1, 0.15) is 23.6 Å². The molecule has 0 unspecified atom stereocenters. The summed E-state index contributed by atoms with van der Waals surface area (Å²) < 4.78 is 7.90. The van der Waals surface area contributed by atoms with Crippen LogP contribution in [0.2, 0.25) is 0 Å². The monoisotopic (exact) mass is 480 g/mol. The molecule has 1 aliphatic rings. The molecule has 0 saturated heterocycles. The van der Waals surface area contributed by atoms with E-state index in [4.69, 9.17) is 14.7 Å². The first kappa shape index (κ1) is 21.6. The van der Waals surface area contributed by atoms with Crippen molar-refractivity contribution in [1.82, 2.24) is 14.8 Å². The number of benzene rings is 3. The molecule has 3 aromatic carbocycles. The average molecular weight is 481 g/mol. The third kappa shape index (κ3) is 3.88. The largest absolute Gasteiger partial charge is 0.497 e. The molecule has 7 heteroatoms. The summed E-state index contributed by atoms with van der Waals surface area (Å²) in [4.78, 5) is 23.5. The van der Waals surface area contributed by atoms with E-state index in [0.717, 1.165) is 45.8 Å². The molecular weight excluding hydrogens is 456 g/mol. The molecule has 0 fully saturated rings. The van der Waals surface area contributed by atoms with Crippen LogP contribution in [0.3, 0.4) is 0 Å². The molecular formula is C28H24N4O2S. The molecule has 0 bridgehead atoms. The van der Waals surface area contributed by atoms with Gasteiger partial charge in [0.2, 0.25) is 5.13 Å². The van der Waals surface area contributed by atoms with E-state index in [1.54, 1.807) is 11.8 Å². The highest BCUT2D eigenvalue weighted by molar-refractivity contribution is 7.20. The Hall–Kier alpha value is -3.97. The number of para-hydroxylation sites is 1. The summed E-state index contributed by atoms with van der Waals surface area (Å²) in [6, 6.07) is 24.2. The zero-order chi connectivity index (χ0) is 23.9. The van der Waals surface area contributed by atoms with E-state index in [0.29, 0.717) is 10.7 Å². The van der Waals surface area contributed by atoms with Gasteiger partial charge in [0.25, 0.3) is 5.56 Å². The SMILES string of the molecule is COc1ccc(-c2[nH]n(-c3nc4ccccc4s3)c(=O)c2C(C)=NC2Cc3ccccc3C2)cc1. The van der Waals surface area contributed by atoms with Crippen LogP contribution in [-0.2, 0) is 12.8 Å². The molecule has 0 atom stereocenters. The van der Waals surface area contributed by atoms with Gasteiger partial charge in [-0.25, -0.2) is 4.98 Å². The van der Waals surface area contributed by atoms with Gasteiger partial charge in [-0.05, 0) is 67.3 Å². The summed E-state index contributed by atoms with van der Waals surface area (Å²) in [5.41, 5.74) is 6.33. The maximum absolute atomic E-state index is 13.8. The first-order valence-electron chi connectivity index (χ1n) is 11.6. The zero-order valence-electron chi connectivity index (χ0n) is 19.5. The Morgan fingerprint density at radius 1 is 1.03 bits per heavy atom. The number of aliphatic imine (C=N–C) groups is 1. The number of ether oxygens (including phenoxy) is 1. The summed E-state index contributed by atoms with van der Waals surface area (Å²) in [5.74, 6) is 0.761. The first-order valence-corrected chi connectivity index (χ1v) is 12.4. The molecule has 1 aliphatic carbocycles. The Labute approximate surface area is 206 Å². The van der Waals surface area contributed by atoms with E-state index >= 15 is 0 Å². The molecule has 35 heavy (non-hydrogen) atoms. The lowest BCUT2D eigenvalue weighted by molar-refractivity contribution is 0.415. The lowest BCUT2D eigenvalue weighted by Crippen LogP contribution is -2.20. The smallest absolute Gasteiger partial charge is 0.283 e. The van der Waals surface area contributed by atoms with Gasteiger partial charge >= 0.3 is 0 Å². The summed E-state index contributed by atoms with van der Waals surface area (Å²) in [5, 5.41) is 3.94. The van der Waals surface area contributed by atoms with Crippen molar-refractivity contribution in [3.8, 4) is 22.1 Å². The average Bonchev–Trinajstić information content (AvgIpc) is 3.58. The summed E-state index contributed by atoms with van der Waals surface area (Å²) in [6.07, 6.45) is 1.78. The second-order valence-electron chi connectivity index (χ2n) is 8.74. The Morgan fingerprint density at radius 2 is 1.71 bits per heavy atom. The second-order valence-corrected chi connectivity index (χ2v) is 9.75. The van der Waals surface area contributed by atoms with Crippen LogP contribution in [0.25, 0.3) is 26.6 Å². The number of nitrogens with one attached hydrogen (secondary N) is 1. The van der Waals surface area contributed by atoms with Crippen LogP contribution < -0.4 is 10.3 Å². The first-order chi connectivity index (χ1) is 17.1. The lowest BCUT2D eigenvalue weighted by Gasteiger charge is -2.07. The molecule has 6 rings (SSSR count). The molecule has 2 aromatic heterocycles. The van der Waals surface area contributed by atoms with Crippen LogP contribution in [0, 0.1) is 0 Å². The molecule has 5 aromatic rings. The molecule has 1 N–H and O–H groups in total. The number of aromatic amines is 1. The third-order valence-electron chi connectivity index (χ3n) is 6.51. The van der Waals surface area contributed by atoms with E-state index in [9.17, 15) is 4.79 Å². The van der Waals surface area contributed by atoms with Gasteiger partial charge in [0.05, 0.1) is 34.6 Å². The Bertz CT molecular complexity index is 1570. The normalized spacial score (nSPS) is 13.9. The lowest BCUT2D eigenvalue weighted by atomic mass is 10.0. The Balaban J connectivity index is 1.47. The number of H-pyrrole nitrogens is 1. The fraction of sp³-hybridized carbons (Fsp3) is 0.179. The van der Waals surface area contributed by atoms with E-state index < -0.39 is 0 Å². The van der Waals surface area contributed by atoms with Crippen molar-refractivity contribution in [2.24, 2.45) is 4.99 Å². The highest BCUT2D eigenvalue weighted by atomic mass is 32.1. The highest BCUT2D eigenvalue weighted by Gasteiger charge is 2.24. The fourth-order valence-corrected chi connectivity index (χ4v) is 5.72. The number of hydrogen-bond donors (Lipinski definition) is 1. The molecule has 0 saturated carbocycles. The molecule has 0 amide bonds. The summed E-state index contributed by atoms with van der Waals surface area (Å²) in [7, 11) is 1.64. The molecule has 0 spiro atoms. The zero-order valence-corrected chi connectivity index (χ0v) is 20.3. The highest BCUT2D eigenvalue weighted by Crippen LogP contribution is 2.29. The summed E-state index contributed by atoms with van der Waals surface area (Å²) in [6.45, 7) is 1.93. The van der Waals surface area contributed by atoms with Crippen molar-refractivity contribution in [3.63, 3.8) is 0 Å². The predicted molar refractivity (Wildman–Crippen MR) is 141 cm³/mol. The van der Waals surface area contributed by atoms with Gasteiger partial charge in [-0.15, -0.1) is 0 Å². The van der Waals surface area contributed by atoms with Crippen molar-refractivity contribution < 1.29 is 4.74 Å². The third-order valence-corrected chi connectivity index (χ3v) is 7.53. The maximum Gasteiger partial charge on any atom is 0.283 e. The van der Waals surface area contributed by atoms with Gasteiger partial charge in [0.1, 0.15) is 5.75 Å². The van der Waals surface area contributed by atoms with Crippen molar-refractivity contribution in [1.29, 1.82) is 0 Å². The van der Waals surface area contributed by atoms with Gasteiger partial charge in [-0.3, -0.25) is 14.9 Å². The number of nitrogens with zero attached hydrogens (tertiary/aromatic N) is 3. The number of rotatable bonds is 5. The predicted octanol–water partition coefficient (Wildman–Crippen LogP) is 5.43. The van der Waals surface area contributed by atoms with Crippen molar-refractivity contribution >= 4 is 27.3 Å². The molecule has 174 valence electrons. The Kier molecular flexibility index (Phi) is 5.34. The van der Waals surface area contributed by atoms with Crippen LogP contribution in [-0.4, -0.2) is 33.6 Å². The molecule has 0 aliphatic heterocycles. The van der Waals surface area contributed by atoms with E-state index in [1.807, 2.05) is 55.5 Å². The minimum atomic E-state index is -0.147. The van der Waals surface area contributed by atoms with Crippen LogP contribution in [0.15, 0.2) is 82.6 Å². The van der Waals surface area contributed by atoms with Crippen LogP contribution >= 0.6 is 11.3 Å². The number of aromatic nitrogens is 3. The Morgan fingerprint density at radius 3 is 2.40 bits per heavy atom. The van der Waals surface area contributed by atoms with Crippen molar-refractivity contribution in [2.75, 3.05) is 7.11 Å². The van der Waals surface area contributed by atoms with Gasteiger partial charge in [-0.1, -0.05) is 47.7 Å². The molecule has 0 radical (unpaired) electrons. The number of methoxy groups -OCH3 is 1. The molecule has 2 heterocycles. The maximum atomic E-state index is 13.8. The standard InChI is InChI=1S/C28H24N4O2S/c1-17(29-21-15-19-7-3-4-8-20(19)16-21)25-26(18-11-13-22(34-2)14-12-18)31-32(27(25)33)28-30-23-9-5-6-10-24(23)35-28/h3-14,21,31H,15-16H2,1-2H3. The van der Waals surface area contributed by atoms with E-state index in [1.165, 1.54) is 22.5 Å². The molecule has 6 nitrogen and oxygen atoms in total.